The maximum Gasteiger partial charge on any atom is 0.242 e. The first-order chi connectivity index (χ1) is 8.65. The number of piperidine rings is 1. The van der Waals surface area contributed by atoms with E-state index in [1.54, 1.807) is 11.8 Å². The summed E-state index contributed by atoms with van der Waals surface area (Å²) in [5.74, 6) is -0.0886. The molecule has 19 heavy (non-hydrogen) atoms. The minimum absolute atomic E-state index is 0.0886. The van der Waals surface area contributed by atoms with E-state index in [1.807, 2.05) is 6.92 Å². The standard InChI is InChI=1S/C12H25N3O3S/c1-4-7-12(2,13)11(16)15-8-5-6-10(9-15)14-19(3,17)18/h10,14H,4-9,13H2,1-3H3. The van der Waals surface area contributed by atoms with Crippen molar-refractivity contribution in [1.82, 2.24) is 9.62 Å². The molecule has 2 atom stereocenters. The molecule has 0 saturated carbocycles. The maximum absolute atomic E-state index is 12.3. The fraction of sp³-hybridized carbons (Fsp3) is 0.917. The normalized spacial score (nSPS) is 24.0. The van der Waals surface area contributed by atoms with Gasteiger partial charge >= 0.3 is 0 Å². The van der Waals surface area contributed by atoms with Crippen LogP contribution in [-0.4, -0.2) is 50.2 Å². The van der Waals surface area contributed by atoms with Crippen LogP contribution in [0.5, 0.6) is 0 Å². The smallest absolute Gasteiger partial charge is 0.242 e. The van der Waals surface area contributed by atoms with Crippen LogP contribution in [0.1, 0.15) is 39.5 Å². The number of carbonyl (C=O) groups excluding carboxylic acids is 1. The number of likely N-dealkylation sites (tertiary alicyclic amines) is 1. The first kappa shape index (κ1) is 16.4. The van der Waals surface area contributed by atoms with Crippen LogP contribution in [0.15, 0.2) is 0 Å². The van der Waals surface area contributed by atoms with Crippen LogP contribution in [0, 0.1) is 0 Å². The van der Waals surface area contributed by atoms with Crippen molar-refractivity contribution in [3.63, 3.8) is 0 Å². The molecule has 0 aliphatic carbocycles. The predicted molar refractivity (Wildman–Crippen MR) is 75.1 cm³/mol. The Labute approximate surface area is 115 Å². The van der Waals surface area contributed by atoms with Gasteiger partial charge in [0.2, 0.25) is 15.9 Å². The van der Waals surface area contributed by atoms with E-state index in [2.05, 4.69) is 4.72 Å². The van der Waals surface area contributed by atoms with Crippen LogP contribution < -0.4 is 10.5 Å². The third kappa shape index (κ3) is 5.08. The molecular formula is C12H25N3O3S. The van der Waals surface area contributed by atoms with E-state index < -0.39 is 15.6 Å². The van der Waals surface area contributed by atoms with Gasteiger partial charge < -0.3 is 10.6 Å². The van der Waals surface area contributed by atoms with Gasteiger partial charge in [-0.15, -0.1) is 0 Å². The Morgan fingerprint density at radius 3 is 2.68 bits per heavy atom. The van der Waals surface area contributed by atoms with Crippen LogP contribution in [0.3, 0.4) is 0 Å². The number of sulfonamides is 1. The van der Waals surface area contributed by atoms with Gasteiger partial charge in [0.1, 0.15) is 0 Å². The summed E-state index contributed by atoms with van der Waals surface area (Å²) in [6, 6.07) is -0.204. The number of hydrogen-bond acceptors (Lipinski definition) is 4. The molecule has 1 aliphatic rings. The average molecular weight is 291 g/mol. The van der Waals surface area contributed by atoms with E-state index in [4.69, 9.17) is 5.73 Å². The zero-order chi connectivity index (χ0) is 14.7. The summed E-state index contributed by atoms with van der Waals surface area (Å²) in [5, 5.41) is 0. The molecule has 0 aromatic rings. The van der Waals surface area contributed by atoms with Gasteiger partial charge in [0, 0.05) is 19.1 Å². The second-order valence-electron chi connectivity index (χ2n) is 5.65. The van der Waals surface area contributed by atoms with Crippen LogP contribution in [0.25, 0.3) is 0 Å². The van der Waals surface area contributed by atoms with Crippen molar-refractivity contribution in [3.8, 4) is 0 Å². The Balaban J connectivity index is 2.67. The number of nitrogens with one attached hydrogen (secondary N) is 1. The highest BCUT2D eigenvalue weighted by Gasteiger charge is 2.34. The van der Waals surface area contributed by atoms with Gasteiger partial charge in [-0.25, -0.2) is 13.1 Å². The Bertz CT molecular complexity index is 420. The van der Waals surface area contributed by atoms with E-state index in [1.165, 1.54) is 0 Å². The van der Waals surface area contributed by atoms with Gasteiger partial charge in [0.05, 0.1) is 11.8 Å². The summed E-state index contributed by atoms with van der Waals surface area (Å²) in [6.45, 7) is 4.79. The minimum atomic E-state index is -3.24. The van der Waals surface area contributed by atoms with Gasteiger partial charge in [-0.2, -0.15) is 0 Å². The van der Waals surface area contributed by atoms with Crippen molar-refractivity contribution in [3.05, 3.63) is 0 Å². The molecule has 0 aromatic heterocycles. The molecule has 1 saturated heterocycles. The van der Waals surface area contributed by atoms with E-state index in [9.17, 15) is 13.2 Å². The van der Waals surface area contributed by atoms with Crippen LogP contribution in [0.4, 0.5) is 0 Å². The van der Waals surface area contributed by atoms with Crippen LogP contribution in [-0.2, 0) is 14.8 Å². The third-order valence-corrected chi connectivity index (χ3v) is 4.11. The zero-order valence-electron chi connectivity index (χ0n) is 12.0. The summed E-state index contributed by atoms with van der Waals surface area (Å²) < 4.78 is 25.0. The molecule has 6 nitrogen and oxygen atoms in total. The molecule has 1 rings (SSSR count). The molecule has 0 bridgehead atoms. The Morgan fingerprint density at radius 1 is 1.53 bits per heavy atom. The third-order valence-electron chi connectivity index (χ3n) is 3.35. The van der Waals surface area contributed by atoms with Gasteiger partial charge in [0.25, 0.3) is 0 Å². The molecule has 2 unspecified atom stereocenters. The summed E-state index contributed by atoms with van der Waals surface area (Å²) in [7, 11) is -3.24. The summed E-state index contributed by atoms with van der Waals surface area (Å²) in [6.07, 6.45) is 4.16. The summed E-state index contributed by atoms with van der Waals surface area (Å²) in [5.41, 5.74) is 5.19. The average Bonchev–Trinajstić information content (AvgIpc) is 2.26. The minimum Gasteiger partial charge on any atom is -0.340 e. The van der Waals surface area contributed by atoms with Crippen molar-refractivity contribution in [2.45, 2.75) is 51.1 Å². The molecule has 1 aliphatic heterocycles. The number of amides is 1. The summed E-state index contributed by atoms with van der Waals surface area (Å²) >= 11 is 0. The molecule has 1 amide bonds. The number of hydrogen-bond donors (Lipinski definition) is 2. The maximum atomic E-state index is 12.3. The highest BCUT2D eigenvalue weighted by atomic mass is 32.2. The second-order valence-corrected chi connectivity index (χ2v) is 7.43. The molecule has 1 heterocycles. The number of carbonyl (C=O) groups is 1. The molecule has 112 valence electrons. The monoisotopic (exact) mass is 291 g/mol. The molecular weight excluding hydrogens is 266 g/mol. The quantitative estimate of drug-likeness (QED) is 0.748. The van der Waals surface area contributed by atoms with E-state index in [0.717, 1.165) is 25.5 Å². The lowest BCUT2D eigenvalue weighted by atomic mass is 9.94. The highest BCUT2D eigenvalue weighted by molar-refractivity contribution is 7.88. The highest BCUT2D eigenvalue weighted by Crippen LogP contribution is 2.18. The fourth-order valence-corrected chi connectivity index (χ4v) is 3.35. The lowest BCUT2D eigenvalue weighted by molar-refractivity contribution is -0.138. The van der Waals surface area contributed by atoms with Gasteiger partial charge in [0.15, 0.2) is 0 Å². The lowest BCUT2D eigenvalue weighted by Crippen LogP contribution is -2.58. The van der Waals surface area contributed by atoms with Gasteiger partial charge in [-0.1, -0.05) is 13.3 Å². The molecule has 1 fully saturated rings. The van der Waals surface area contributed by atoms with Crippen LogP contribution in [0.2, 0.25) is 0 Å². The molecule has 0 spiro atoms. The SMILES string of the molecule is CCCC(C)(N)C(=O)N1CCCC(NS(C)(=O)=O)C1. The first-order valence-electron chi connectivity index (χ1n) is 6.71. The topological polar surface area (TPSA) is 92.5 Å². The predicted octanol–water partition coefficient (Wildman–Crippen LogP) is 0.0441. The fourth-order valence-electron chi connectivity index (χ4n) is 2.55. The zero-order valence-corrected chi connectivity index (χ0v) is 12.8. The number of rotatable bonds is 5. The van der Waals surface area contributed by atoms with Gasteiger partial charge in [-0.3, -0.25) is 4.79 Å². The number of nitrogens with two attached hydrogens (primary N) is 1. The molecule has 7 heteroatoms. The van der Waals surface area contributed by atoms with E-state index >= 15 is 0 Å². The molecule has 0 radical (unpaired) electrons. The Morgan fingerprint density at radius 2 is 2.16 bits per heavy atom. The van der Waals surface area contributed by atoms with Crippen LogP contribution >= 0.6 is 0 Å². The second kappa shape index (κ2) is 6.19. The van der Waals surface area contributed by atoms with Crippen molar-refractivity contribution in [1.29, 1.82) is 0 Å². The Kier molecular flexibility index (Phi) is 5.34. The van der Waals surface area contributed by atoms with E-state index in [0.29, 0.717) is 19.5 Å². The van der Waals surface area contributed by atoms with Crippen molar-refractivity contribution < 1.29 is 13.2 Å². The molecule has 3 N–H and O–H groups in total. The summed E-state index contributed by atoms with van der Waals surface area (Å²) in [4.78, 5) is 14.0. The van der Waals surface area contributed by atoms with Crippen molar-refractivity contribution in [2.24, 2.45) is 5.73 Å². The van der Waals surface area contributed by atoms with Crippen molar-refractivity contribution in [2.75, 3.05) is 19.3 Å². The Hall–Kier alpha value is -0.660. The first-order valence-corrected chi connectivity index (χ1v) is 8.60. The lowest BCUT2D eigenvalue weighted by Gasteiger charge is -2.37. The van der Waals surface area contributed by atoms with E-state index in [-0.39, 0.29) is 11.9 Å². The van der Waals surface area contributed by atoms with Gasteiger partial charge in [-0.05, 0) is 26.2 Å². The molecule has 0 aromatic carbocycles. The number of nitrogens with zero attached hydrogens (tertiary/aromatic N) is 1. The largest absolute Gasteiger partial charge is 0.340 e. The van der Waals surface area contributed by atoms with Crippen molar-refractivity contribution >= 4 is 15.9 Å².